The van der Waals surface area contributed by atoms with E-state index in [0.717, 1.165) is 12.8 Å². The van der Waals surface area contributed by atoms with Crippen LogP contribution in [0.3, 0.4) is 0 Å². The molecule has 7 heteroatoms. The van der Waals surface area contributed by atoms with Gasteiger partial charge in [0.15, 0.2) is 0 Å². The number of nitrogens with one attached hydrogen (secondary N) is 1. The van der Waals surface area contributed by atoms with Crippen LogP contribution in [0.15, 0.2) is 18.7 Å². The molecule has 1 heterocycles. The van der Waals surface area contributed by atoms with Gasteiger partial charge in [-0.1, -0.05) is 13.3 Å². The maximum Gasteiger partial charge on any atom is 0.248 e. The summed E-state index contributed by atoms with van der Waals surface area (Å²) in [5.41, 5.74) is 4.90. The van der Waals surface area contributed by atoms with Crippen LogP contribution in [0.2, 0.25) is 0 Å². The molecule has 0 aliphatic rings. The Morgan fingerprint density at radius 3 is 2.79 bits per heavy atom. The number of rotatable bonds is 8. The van der Waals surface area contributed by atoms with Crippen LogP contribution in [0.25, 0.3) is 0 Å². The molecular weight excluding hydrogens is 248 g/mol. The molecule has 4 N–H and O–H groups in total. The van der Waals surface area contributed by atoms with Crippen LogP contribution in [-0.2, 0) is 9.59 Å². The number of hydrogen-bond donors (Lipinski definition) is 3. The number of hydrogen-bond acceptors (Lipinski definition) is 4. The molecule has 0 aliphatic heterocycles. The number of imidazole rings is 1. The first kappa shape index (κ1) is 15.2. The minimum atomic E-state index is -1.35. The van der Waals surface area contributed by atoms with Crippen LogP contribution < -0.4 is 11.1 Å². The van der Waals surface area contributed by atoms with Gasteiger partial charge in [0, 0.05) is 24.9 Å². The van der Waals surface area contributed by atoms with Crippen molar-refractivity contribution in [2.75, 3.05) is 6.54 Å². The molecule has 0 radical (unpaired) electrons. The Hall–Kier alpha value is -1.89. The summed E-state index contributed by atoms with van der Waals surface area (Å²) in [6.07, 6.45) is 5.87. The zero-order chi connectivity index (χ0) is 14.3. The average molecular weight is 268 g/mol. The highest BCUT2D eigenvalue weighted by Gasteiger charge is 2.16. The first-order chi connectivity index (χ1) is 9.04. The molecule has 0 spiro atoms. The molecule has 0 bridgehead atoms. The normalized spacial score (nSPS) is 13.8. The molecule has 1 rings (SSSR count). The number of carbonyl (C=O) groups excluding carboxylic acids is 2. The maximum absolute atomic E-state index is 11.7. The molecule has 0 saturated heterocycles. The van der Waals surface area contributed by atoms with E-state index in [0.29, 0.717) is 0 Å². The standard InChI is InChI=1S/C12H20N4O3/c1-2-3-9(16-5-4-14-8-16)6-11(18)15-7-10(17)12(13)19/h4-5,8-10,17H,2-3,6-7H2,1H3,(H2,13,19)(H,15,18). The number of aliphatic hydroxyl groups excluding tert-OH is 1. The van der Waals surface area contributed by atoms with Crippen molar-refractivity contribution < 1.29 is 14.7 Å². The van der Waals surface area contributed by atoms with Crippen molar-refractivity contribution in [3.63, 3.8) is 0 Å². The van der Waals surface area contributed by atoms with Crippen molar-refractivity contribution in [2.24, 2.45) is 5.73 Å². The van der Waals surface area contributed by atoms with Gasteiger partial charge >= 0.3 is 0 Å². The highest BCUT2D eigenvalue weighted by atomic mass is 16.3. The van der Waals surface area contributed by atoms with E-state index in [9.17, 15) is 14.7 Å². The zero-order valence-corrected chi connectivity index (χ0v) is 11.0. The van der Waals surface area contributed by atoms with Crippen LogP contribution in [0.1, 0.15) is 32.2 Å². The third kappa shape index (κ3) is 5.09. The number of primary amides is 1. The molecule has 2 atom stereocenters. The summed E-state index contributed by atoms with van der Waals surface area (Å²) in [7, 11) is 0. The van der Waals surface area contributed by atoms with E-state index in [2.05, 4.69) is 10.3 Å². The number of nitrogens with two attached hydrogens (primary N) is 1. The summed E-state index contributed by atoms with van der Waals surface area (Å²) in [6, 6.07) is 0.0261. The third-order valence-electron chi connectivity index (χ3n) is 2.81. The fraction of sp³-hybridized carbons (Fsp3) is 0.583. The number of nitrogens with zero attached hydrogens (tertiary/aromatic N) is 2. The largest absolute Gasteiger partial charge is 0.381 e. The summed E-state index contributed by atoms with van der Waals surface area (Å²) in [6.45, 7) is 1.88. The Balaban J connectivity index is 2.46. The Kier molecular flexibility index (Phi) is 6.01. The lowest BCUT2D eigenvalue weighted by Gasteiger charge is -2.17. The van der Waals surface area contributed by atoms with Crippen LogP contribution in [0.4, 0.5) is 0 Å². The molecule has 106 valence electrons. The lowest BCUT2D eigenvalue weighted by Crippen LogP contribution is -2.40. The van der Waals surface area contributed by atoms with Crippen molar-refractivity contribution in [3.05, 3.63) is 18.7 Å². The smallest absolute Gasteiger partial charge is 0.248 e. The molecule has 2 amide bonds. The van der Waals surface area contributed by atoms with Gasteiger partial charge in [-0.3, -0.25) is 9.59 Å². The first-order valence-corrected chi connectivity index (χ1v) is 6.26. The van der Waals surface area contributed by atoms with Gasteiger partial charge in [0.2, 0.25) is 11.8 Å². The molecule has 19 heavy (non-hydrogen) atoms. The van der Waals surface area contributed by atoms with Gasteiger partial charge in [-0.2, -0.15) is 0 Å². The lowest BCUT2D eigenvalue weighted by atomic mass is 10.1. The number of aliphatic hydroxyl groups is 1. The predicted molar refractivity (Wildman–Crippen MR) is 69.0 cm³/mol. The second kappa shape index (κ2) is 7.52. The van der Waals surface area contributed by atoms with Crippen molar-refractivity contribution in [1.29, 1.82) is 0 Å². The predicted octanol–water partition coefficient (Wildman–Crippen LogP) is -0.423. The molecular formula is C12H20N4O3. The zero-order valence-electron chi connectivity index (χ0n) is 11.0. The summed E-state index contributed by atoms with van der Waals surface area (Å²) < 4.78 is 1.88. The van der Waals surface area contributed by atoms with Crippen molar-refractivity contribution >= 4 is 11.8 Å². The Bertz CT molecular complexity index is 405. The van der Waals surface area contributed by atoms with Gasteiger partial charge < -0.3 is 20.7 Å². The van der Waals surface area contributed by atoms with Gasteiger partial charge in [0.25, 0.3) is 0 Å². The number of amides is 2. The Morgan fingerprint density at radius 2 is 2.26 bits per heavy atom. The van der Waals surface area contributed by atoms with Crippen molar-refractivity contribution in [1.82, 2.24) is 14.9 Å². The Labute approximate surface area is 111 Å². The number of aromatic nitrogens is 2. The molecule has 2 unspecified atom stereocenters. The van der Waals surface area contributed by atoms with E-state index in [-0.39, 0.29) is 24.9 Å². The summed E-state index contributed by atoms with van der Waals surface area (Å²) >= 11 is 0. The van der Waals surface area contributed by atoms with Gasteiger partial charge in [0.1, 0.15) is 6.10 Å². The van der Waals surface area contributed by atoms with Crippen LogP contribution in [0.5, 0.6) is 0 Å². The van der Waals surface area contributed by atoms with E-state index in [1.54, 1.807) is 12.5 Å². The summed E-state index contributed by atoms with van der Waals surface area (Å²) in [5, 5.41) is 11.7. The topological polar surface area (TPSA) is 110 Å². The van der Waals surface area contributed by atoms with E-state index in [1.807, 2.05) is 17.7 Å². The summed E-state index contributed by atoms with van der Waals surface area (Å²) in [4.78, 5) is 26.3. The van der Waals surface area contributed by atoms with Gasteiger partial charge in [-0.15, -0.1) is 0 Å². The fourth-order valence-electron chi connectivity index (χ4n) is 1.77. The highest BCUT2D eigenvalue weighted by Crippen LogP contribution is 2.17. The minimum absolute atomic E-state index is 0.0261. The second-order valence-electron chi connectivity index (χ2n) is 4.38. The van der Waals surface area contributed by atoms with Crippen LogP contribution >= 0.6 is 0 Å². The van der Waals surface area contributed by atoms with Crippen LogP contribution in [0, 0.1) is 0 Å². The lowest BCUT2D eigenvalue weighted by molar-refractivity contribution is -0.127. The van der Waals surface area contributed by atoms with E-state index in [1.165, 1.54) is 0 Å². The molecule has 7 nitrogen and oxygen atoms in total. The molecule has 1 aromatic rings. The Morgan fingerprint density at radius 1 is 1.53 bits per heavy atom. The fourth-order valence-corrected chi connectivity index (χ4v) is 1.77. The van der Waals surface area contributed by atoms with E-state index >= 15 is 0 Å². The average Bonchev–Trinajstić information content (AvgIpc) is 2.89. The van der Waals surface area contributed by atoms with Crippen molar-refractivity contribution in [3.8, 4) is 0 Å². The van der Waals surface area contributed by atoms with E-state index in [4.69, 9.17) is 5.73 Å². The molecule has 0 saturated carbocycles. The first-order valence-electron chi connectivity index (χ1n) is 6.26. The minimum Gasteiger partial charge on any atom is -0.381 e. The maximum atomic E-state index is 11.7. The van der Waals surface area contributed by atoms with Gasteiger partial charge in [-0.25, -0.2) is 4.98 Å². The third-order valence-corrected chi connectivity index (χ3v) is 2.81. The second-order valence-corrected chi connectivity index (χ2v) is 4.38. The molecule has 1 aromatic heterocycles. The van der Waals surface area contributed by atoms with Crippen molar-refractivity contribution in [2.45, 2.75) is 38.3 Å². The molecule has 0 fully saturated rings. The summed E-state index contributed by atoms with van der Waals surface area (Å²) in [5.74, 6) is -1.08. The quantitative estimate of drug-likeness (QED) is 0.594. The van der Waals surface area contributed by atoms with Crippen LogP contribution in [-0.4, -0.2) is 39.1 Å². The molecule has 0 aromatic carbocycles. The van der Waals surface area contributed by atoms with E-state index < -0.39 is 12.0 Å². The highest BCUT2D eigenvalue weighted by molar-refractivity contribution is 5.81. The number of carbonyl (C=O) groups is 2. The van der Waals surface area contributed by atoms with Gasteiger partial charge in [0.05, 0.1) is 12.9 Å². The SMILES string of the molecule is CCCC(CC(=O)NCC(O)C(N)=O)n1ccnc1. The molecule has 0 aliphatic carbocycles. The monoisotopic (exact) mass is 268 g/mol. The van der Waals surface area contributed by atoms with Gasteiger partial charge in [-0.05, 0) is 6.42 Å².